The van der Waals surface area contributed by atoms with Gasteiger partial charge in [-0.2, -0.15) is 0 Å². The first kappa shape index (κ1) is 16.8. The molecule has 0 fully saturated rings. The lowest BCUT2D eigenvalue weighted by atomic mass is 9.87. The Kier molecular flexibility index (Phi) is 4.12. The molecule has 0 aliphatic heterocycles. The molecule has 0 amide bonds. The van der Waals surface area contributed by atoms with Crippen molar-refractivity contribution in [3.8, 4) is 11.3 Å². The zero-order valence-corrected chi connectivity index (χ0v) is 14.7. The van der Waals surface area contributed by atoms with E-state index in [4.69, 9.17) is 0 Å². The maximum absolute atomic E-state index is 12.4. The van der Waals surface area contributed by atoms with Gasteiger partial charge in [0.2, 0.25) is 6.54 Å². The molecular weight excluding hydrogens is 344 g/mol. The summed E-state index contributed by atoms with van der Waals surface area (Å²) < 4.78 is 0. The number of para-hydroxylation sites is 1. The monoisotopic (exact) mass is 362 g/mol. The first-order valence-corrected chi connectivity index (χ1v) is 8.61. The average Bonchev–Trinajstić information content (AvgIpc) is 3.21. The Morgan fingerprint density at radius 1 is 1.00 bits per heavy atom. The summed E-state index contributed by atoms with van der Waals surface area (Å²) in [7, 11) is 0. The Hall–Kier alpha value is -3.61. The predicted molar refractivity (Wildman–Crippen MR) is 104 cm³/mol. The lowest BCUT2D eigenvalue weighted by molar-refractivity contribution is -0.481. The van der Waals surface area contributed by atoms with Crippen molar-refractivity contribution in [3.63, 3.8) is 0 Å². The summed E-state index contributed by atoms with van der Waals surface area (Å²) in [5.74, 6) is -0.679. The van der Waals surface area contributed by atoms with Crippen LogP contribution in [0.15, 0.2) is 59.4 Å². The highest BCUT2D eigenvalue weighted by Gasteiger charge is 2.31. The van der Waals surface area contributed by atoms with Crippen LogP contribution in [-0.4, -0.2) is 26.6 Å². The number of hydrogen-bond acceptors (Lipinski definition) is 3. The van der Waals surface area contributed by atoms with Crippen LogP contribution in [0.2, 0.25) is 0 Å². The number of nitrogens with zero attached hydrogens (tertiary/aromatic N) is 1. The molecule has 0 bridgehead atoms. The lowest BCUT2D eigenvalue weighted by Gasteiger charge is -2.14. The second-order valence-corrected chi connectivity index (χ2v) is 6.51. The van der Waals surface area contributed by atoms with Gasteiger partial charge in [0.05, 0.1) is 17.2 Å². The highest BCUT2D eigenvalue weighted by Crippen LogP contribution is 2.38. The molecule has 7 nitrogen and oxygen atoms in total. The van der Waals surface area contributed by atoms with Crippen LogP contribution in [0.25, 0.3) is 22.2 Å². The van der Waals surface area contributed by atoms with E-state index in [9.17, 15) is 14.9 Å². The van der Waals surface area contributed by atoms with Crippen molar-refractivity contribution in [2.75, 3.05) is 6.54 Å². The number of benzene rings is 2. The van der Waals surface area contributed by atoms with Crippen molar-refractivity contribution in [2.45, 2.75) is 12.8 Å². The molecule has 2 heterocycles. The molecule has 2 aromatic heterocycles. The summed E-state index contributed by atoms with van der Waals surface area (Å²) in [6, 6.07) is 17.3. The maximum Gasteiger partial charge on any atom is 0.268 e. The predicted octanol–water partition coefficient (Wildman–Crippen LogP) is 3.57. The number of hydrogen-bond donors (Lipinski definition) is 3. The topological polar surface area (TPSA) is 108 Å². The number of fused-ring (bicyclic) bond motifs is 1. The third-order valence-corrected chi connectivity index (χ3v) is 4.85. The third kappa shape index (κ3) is 2.93. The quantitative estimate of drug-likeness (QED) is 0.373. The van der Waals surface area contributed by atoms with Gasteiger partial charge < -0.3 is 10.1 Å². The van der Waals surface area contributed by atoms with Crippen molar-refractivity contribution in [1.29, 1.82) is 0 Å². The minimum absolute atomic E-state index is 0.330. The first-order valence-electron chi connectivity index (χ1n) is 8.61. The van der Waals surface area contributed by atoms with Crippen LogP contribution in [0.5, 0.6) is 0 Å². The molecule has 0 spiro atoms. The average molecular weight is 362 g/mol. The van der Waals surface area contributed by atoms with E-state index in [2.05, 4.69) is 15.2 Å². The van der Waals surface area contributed by atoms with E-state index in [1.807, 2.05) is 54.6 Å². The molecule has 1 unspecified atom stereocenters. The summed E-state index contributed by atoms with van der Waals surface area (Å²) in [4.78, 5) is 26.9. The second kappa shape index (κ2) is 6.60. The maximum atomic E-state index is 12.4. The van der Waals surface area contributed by atoms with Gasteiger partial charge in [-0.25, -0.2) is 0 Å². The number of rotatable bonds is 5. The van der Waals surface area contributed by atoms with Crippen LogP contribution in [-0.2, 0) is 0 Å². The van der Waals surface area contributed by atoms with E-state index < -0.39 is 5.92 Å². The van der Waals surface area contributed by atoms with Crippen LogP contribution in [0.3, 0.4) is 0 Å². The van der Waals surface area contributed by atoms with Gasteiger partial charge >= 0.3 is 0 Å². The van der Waals surface area contributed by atoms with E-state index in [-0.39, 0.29) is 17.0 Å². The summed E-state index contributed by atoms with van der Waals surface area (Å²) in [6.45, 7) is 1.38. The van der Waals surface area contributed by atoms with Crippen LogP contribution >= 0.6 is 0 Å². The van der Waals surface area contributed by atoms with Crippen molar-refractivity contribution in [3.05, 3.63) is 91.9 Å². The van der Waals surface area contributed by atoms with Crippen molar-refractivity contribution < 1.29 is 4.92 Å². The molecule has 0 aliphatic rings. The zero-order chi connectivity index (χ0) is 19.0. The molecule has 0 aliphatic carbocycles. The van der Waals surface area contributed by atoms with Gasteiger partial charge in [-0.05, 0) is 24.1 Å². The molecule has 136 valence electrons. The Bertz CT molecular complexity index is 1170. The van der Waals surface area contributed by atoms with E-state index in [1.165, 1.54) is 0 Å². The van der Waals surface area contributed by atoms with Crippen LogP contribution in [0.1, 0.15) is 22.7 Å². The van der Waals surface area contributed by atoms with Gasteiger partial charge in [-0.15, -0.1) is 0 Å². The molecule has 1 atom stereocenters. The molecular formula is C20H18N4O3. The SMILES string of the molecule is Cc1[nH][nH]c(=O)c1C(C[N+](=O)[O-])c1c(-c2ccccc2)[nH]c2ccccc12. The fourth-order valence-corrected chi connectivity index (χ4v) is 3.71. The normalized spacial score (nSPS) is 12.3. The zero-order valence-electron chi connectivity index (χ0n) is 14.7. The molecule has 7 heteroatoms. The fourth-order valence-electron chi connectivity index (χ4n) is 3.71. The highest BCUT2D eigenvalue weighted by molar-refractivity contribution is 5.92. The van der Waals surface area contributed by atoms with Gasteiger partial charge in [-0.3, -0.25) is 20.0 Å². The van der Waals surface area contributed by atoms with Crippen LogP contribution in [0.4, 0.5) is 0 Å². The van der Waals surface area contributed by atoms with Crippen molar-refractivity contribution in [2.24, 2.45) is 0 Å². The highest BCUT2D eigenvalue weighted by atomic mass is 16.6. The molecule has 4 rings (SSSR count). The van der Waals surface area contributed by atoms with E-state index in [0.717, 1.165) is 27.7 Å². The molecule has 0 saturated carbocycles. The number of aryl methyl sites for hydroxylation is 1. The van der Waals surface area contributed by atoms with Crippen LogP contribution in [0, 0.1) is 17.0 Å². The summed E-state index contributed by atoms with van der Waals surface area (Å²) >= 11 is 0. The standard InChI is InChI=1S/C20H18N4O3/c1-12-17(20(25)23-22-12)15(11-24(26)27)18-14-9-5-6-10-16(14)21-19(18)13-7-3-2-4-8-13/h2-10,15,21H,11H2,1H3,(H2,22,23,25). The smallest absolute Gasteiger partial charge is 0.268 e. The number of H-pyrrole nitrogens is 3. The Balaban J connectivity index is 2.05. The number of nitro groups is 1. The van der Waals surface area contributed by atoms with E-state index in [1.54, 1.807) is 6.92 Å². The van der Waals surface area contributed by atoms with Crippen molar-refractivity contribution in [1.82, 2.24) is 15.2 Å². The Morgan fingerprint density at radius 3 is 2.37 bits per heavy atom. The van der Waals surface area contributed by atoms with Gasteiger partial charge in [0.1, 0.15) is 0 Å². The molecule has 0 radical (unpaired) electrons. The minimum atomic E-state index is -0.679. The van der Waals surface area contributed by atoms with Gasteiger partial charge in [-0.1, -0.05) is 48.5 Å². The number of aromatic nitrogens is 3. The third-order valence-electron chi connectivity index (χ3n) is 4.85. The van der Waals surface area contributed by atoms with Gasteiger partial charge in [0, 0.05) is 21.5 Å². The molecule has 2 aromatic carbocycles. The summed E-state index contributed by atoms with van der Waals surface area (Å²) in [6.07, 6.45) is 0. The second-order valence-electron chi connectivity index (χ2n) is 6.51. The molecule has 4 aromatic rings. The largest absolute Gasteiger partial charge is 0.354 e. The molecule has 3 N–H and O–H groups in total. The number of nitrogens with one attached hydrogen (secondary N) is 3. The summed E-state index contributed by atoms with van der Waals surface area (Å²) in [5, 5.41) is 17.7. The Labute approximate surface area is 154 Å². The van der Waals surface area contributed by atoms with Gasteiger partial charge in [0.25, 0.3) is 5.56 Å². The molecule has 0 saturated heterocycles. The van der Waals surface area contributed by atoms with E-state index >= 15 is 0 Å². The number of aromatic amines is 3. The Morgan fingerprint density at radius 2 is 1.70 bits per heavy atom. The minimum Gasteiger partial charge on any atom is -0.354 e. The fraction of sp³-hybridized carbons (Fsp3) is 0.150. The van der Waals surface area contributed by atoms with Crippen molar-refractivity contribution >= 4 is 10.9 Å². The van der Waals surface area contributed by atoms with Crippen LogP contribution < -0.4 is 5.56 Å². The summed E-state index contributed by atoms with van der Waals surface area (Å²) in [5.41, 5.74) is 4.03. The molecule has 27 heavy (non-hydrogen) atoms. The lowest BCUT2D eigenvalue weighted by Crippen LogP contribution is -2.21. The van der Waals surface area contributed by atoms with E-state index in [0.29, 0.717) is 11.3 Å². The first-order chi connectivity index (χ1) is 13.1. The van der Waals surface area contributed by atoms with Gasteiger partial charge in [0.15, 0.2) is 0 Å².